The molecule has 0 saturated heterocycles. The van der Waals surface area contributed by atoms with Crippen molar-refractivity contribution in [3.05, 3.63) is 24.3 Å². The highest BCUT2D eigenvalue weighted by Crippen LogP contribution is 2.63. The van der Waals surface area contributed by atoms with Gasteiger partial charge in [-0.2, -0.15) is 0 Å². The summed E-state index contributed by atoms with van der Waals surface area (Å²) in [5.41, 5.74) is -5.93. The molecule has 0 amide bonds. The number of rotatable bonds is 9. The lowest BCUT2D eigenvalue weighted by molar-refractivity contribution is -0.224. The van der Waals surface area contributed by atoms with Gasteiger partial charge in [0, 0.05) is 52.4 Å². The smallest absolute Gasteiger partial charge is 0.306 e. The predicted octanol–water partition coefficient (Wildman–Crippen LogP) is 2.78. The zero-order valence-corrected chi connectivity index (χ0v) is 26.7. The standard InChI is InChI=1S/C32H44O12/c1-10-11-24(37)43-28-25-26(42-20(7)35)17(4)14-32(25,44-21(8)36)29(38)30(9,39)27-22(16(2)3)12-13-23(41-19(6)34)31(27,28)15-40-18(5)33/h12-13,17,22-23,25-28,39H,2,10-11,14-15H2,1,3-9H3/t17-,22+,23+,25+,26-,27?,28+,30-,31+,32+/m0/s1. The van der Waals surface area contributed by atoms with Gasteiger partial charge in [-0.1, -0.05) is 32.1 Å². The van der Waals surface area contributed by atoms with E-state index in [4.69, 9.17) is 23.7 Å². The van der Waals surface area contributed by atoms with E-state index in [2.05, 4.69) is 6.58 Å². The highest BCUT2D eigenvalue weighted by Gasteiger charge is 2.78. The number of ketones is 1. The maximum absolute atomic E-state index is 14.9. The van der Waals surface area contributed by atoms with Crippen molar-refractivity contribution in [1.82, 2.24) is 0 Å². The normalized spacial score (nSPS) is 37.5. The lowest BCUT2D eigenvalue weighted by Crippen LogP contribution is -2.66. The van der Waals surface area contributed by atoms with Gasteiger partial charge in [0.25, 0.3) is 0 Å². The largest absolute Gasteiger partial charge is 0.465 e. The van der Waals surface area contributed by atoms with Gasteiger partial charge < -0.3 is 28.8 Å². The number of hydrogen-bond donors (Lipinski definition) is 1. The van der Waals surface area contributed by atoms with E-state index in [1.165, 1.54) is 19.9 Å². The first-order valence-electron chi connectivity index (χ1n) is 14.8. The molecule has 0 heterocycles. The third kappa shape index (κ3) is 6.05. The average Bonchev–Trinajstić information content (AvgIpc) is 3.13. The van der Waals surface area contributed by atoms with Crippen molar-refractivity contribution in [1.29, 1.82) is 0 Å². The van der Waals surface area contributed by atoms with Crippen LogP contribution in [0, 0.1) is 29.1 Å². The van der Waals surface area contributed by atoms with E-state index in [1.54, 1.807) is 26.8 Å². The van der Waals surface area contributed by atoms with E-state index in [9.17, 15) is 33.9 Å². The second-order valence-corrected chi connectivity index (χ2v) is 12.6. The number of Topliss-reactive ketones (excluding diaryl/α,β-unsaturated/α-hetero) is 1. The molecule has 0 aromatic rings. The van der Waals surface area contributed by atoms with Crippen molar-refractivity contribution in [3.8, 4) is 0 Å². The fourth-order valence-corrected chi connectivity index (χ4v) is 7.79. The lowest BCUT2D eigenvalue weighted by Gasteiger charge is -2.55. The first kappa shape index (κ1) is 34.9. The molecule has 0 spiro atoms. The van der Waals surface area contributed by atoms with Crippen LogP contribution in [-0.4, -0.2) is 76.9 Å². The van der Waals surface area contributed by atoms with E-state index in [0.29, 0.717) is 12.0 Å². The summed E-state index contributed by atoms with van der Waals surface area (Å²) in [6, 6.07) is 0. The molecule has 1 N–H and O–H groups in total. The molecular formula is C32H44O12. The van der Waals surface area contributed by atoms with Crippen LogP contribution >= 0.6 is 0 Å². The van der Waals surface area contributed by atoms with Gasteiger partial charge in [0.15, 0.2) is 5.60 Å². The minimum Gasteiger partial charge on any atom is -0.465 e. The maximum atomic E-state index is 14.9. The monoisotopic (exact) mass is 620 g/mol. The van der Waals surface area contributed by atoms with Crippen molar-refractivity contribution in [2.75, 3.05) is 6.61 Å². The summed E-state index contributed by atoms with van der Waals surface area (Å²) in [4.78, 5) is 78.5. The highest BCUT2D eigenvalue weighted by atomic mass is 16.6. The first-order chi connectivity index (χ1) is 20.4. The summed E-state index contributed by atoms with van der Waals surface area (Å²) in [5.74, 6) is -8.84. The van der Waals surface area contributed by atoms with E-state index >= 15 is 0 Å². The third-order valence-corrected chi connectivity index (χ3v) is 9.07. The number of hydrogen-bond acceptors (Lipinski definition) is 12. The Kier molecular flexibility index (Phi) is 10.2. The van der Waals surface area contributed by atoms with Gasteiger partial charge in [0.05, 0.1) is 11.3 Å². The minimum absolute atomic E-state index is 0.0613. The summed E-state index contributed by atoms with van der Waals surface area (Å²) in [6.07, 6.45) is -0.779. The van der Waals surface area contributed by atoms with Crippen LogP contribution in [0.3, 0.4) is 0 Å². The number of carbonyl (C=O) groups excluding carboxylic acids is 6. The molecule has 0 radical (unpaired) electrons. The van der Waals surface area contributed by atoms with Gasteiger partial charge >= 0.3 is 29.8 Å². The molecule has 0 aromatic carbocycles. The van der Waals surface area contributed by atoms with Gasteiger partial charge in [-0.05, 0) is 32.3 Å². The van der Waals surface area contributed by atoms with Crippen molar-refractivity contribution >= 4 is 35.6 Å². The summed E-state index contributed by atoms with van der Waals surface area (Å²) in [5, 5.41) is 12.5. The number of allylic oxidation sites excluding steroid dienone is 2. The van der Waals surface area contributed by atoms with Crippen LogP contribution in [0.2, 0.25) is 0 Å². The zero-order valence-electron chi connectivity index (χ0n) is 26.7. The molecule has 0 aliphatic heterocycles. The molecule has 12 heteroatoms. The Morgan fingerprint density at radius 3 is 2.07 bits per heavy atom. The van der Waals surface area contributed by atoms with E-state index < -0.39 is 101 Å². The van der Waals surface area contributed by atoms with Crippen molar-refractivity contribution < 1.29 is 57.6 Å². The Labute approximate surface area is 257 Å². The number of ether oxygens (including phenoxy) is 5. The zero-order chi connectivity index (χ0) is 33.4. The summed E-state index contributed by atoms with van der Waals surface area (Å²) in [6.45, 7) is 14.4. The molecule has 0 aromatic heterocycles. The molecule has 3 rings (SSSR count). The first-order valence-corrected chi connectivity index (χ1v) is 14.8. The SMILES string of the molecule is C=C(C)[C@H]1C=C[C@@H](OC(C)=O)[C@]2(COC(C)=O)C1[C@](C)(O)C(=O)[C@@]1(OC(C)=O)C[C@H](C)[C@H](OC(C)=O)[C@@H]1[C@H]2OC(=O)CCC. The van der Waals surface area contributed by atoms with Gasteiger partial charge in [-0.15, -0.1) is 0 Å². The molecule has 10 atom stereocenters. The average molecular weight is 621 g/mol. The van der Waals surface area contributed by atoms with Crippen LogP contribution in [0.1, 0.15) is 74.7 Å². The number of fused-ring (bicyclic) bond motifs is 2. The van der Waals surface area contributed by atoms with E-state index in [1.807, 2.05) is 0 Å². The Morgan fingerprint density at radius 1 is 0.955 bits per heavy atom. The Balaban J connectivity index is 2.60. The quantitative estimate of drug-likeness (QED) is 0.228. The Hall–Kier alpha value is -3.54. The fourth-order valence-electron chi connectivity index (χ4n) is 7.79. The molecule has 1 unspecified atom stereocenters. The molecule has 3 aliphatic rings. The van der Waals surface area contributed by atoms with Crippen LogP contribution in [-0.2, 0) is 52.5 Å². The molecule has 2 fully saturated rings. The third-order valence-electron chi connectivity index (χ3n) is 9.07. The van der Waals surface area contributed by atoms with Crippen molar-refractivity contribution in [2.45, 2.75) is 104 Å². The van der Waals surface area contributed by atoms with Crippen LogP contribution in [0.4, 0.5) is 0 Å². The summed E-state index contributed by atoms with van der Waals surface area (Å²) < 4.78 is 29.3. The number of esters is 5. The summed E-state index contributed by atoms with van der Waals surface area (Å²) >= 11 is 0. The van der Waals surface area contributed by atoms with Crippen LogP contribution in [0.25, 0.3) is 0 Å². The molecule has 2 saturated carbocycles. The van der Waals surface area contributed by atoms with Crippen molar-refractivity contribution in [3.63, 3.8) is 0 Å². The fraction of sp³-hybridized carbons (Fsp3) is 0.688. The highest BCUT2D eigenvalue weighted by molar-refractivity contribution is 5.98. The van der Waals surface area contributed by atoms with Gasteiger partial charge in [0.1, 0.15) is 30.5 Å². The topological polar surface area (TPSA) is 169 Å². The van der Waals surface area contributed by atoms with Gasteiger partial charge in [-0.25, -0.2) is 0 Å². The molecule has 0 bridgehead atoms. The maximum Gasteiger partial charge on any atom is 0.306 e. The Bertz CT molecular complexity index is 1250. The minimum atomic E-state index is -2.39. The van der Waals surface area contributed by atoms with Gasteiger partial charge in [-0.3, -0.25) is 28.8 Å². The van der Waals surface area contributed by atoms with Crippen LogP contribution in [0.5, 0.6) is 0 Å². The number of aliphatic hydroxyl groups is 1. The van der Waals surface area contributed by atoms with Crippen LogP contribution < -0.4 is 0 Å². The second kappa shape index (κ2) is 12.8. The molecule has 44 heavy (non-hydrogen) atoms. The van der Waals surface area contributed by atoms with Gasteiger partial charge in [0.2, 0.25) is 5.78 Å². The molecule has 3 aliphatic carbocycles. The van der Waals surface area contributed by atoms with E-state index in [0.717, 1.165) is 20.8 Å². The molecule has 244 valence electrons. The lowest BCUT2D eigenvalue weighted by atomic mass is 9.53. The molecule has 12 nitrogen and oxygen atoms in total. The predicted molar refractivity (Wildman–Crippen MR) is 153 cm³/mol. The Morgan fingerprint density at radius 2 is 1.57 bits per heavy atom. The number of carbonyl (C=O) groups is 6. The second-order valence-electron chi connectivity index (χ2n) is 12.6. The summed E-state index contributed by atoms with van der Waals surface area (Å²) in [7, 11) is 0. The van der Waals surface area contributed by atoms with E-state index in [-0.39, 0.29) is 12.8 Å². The molecular weight excluding hydrogens is 576 g/mol. The van der Waals surface area contributed by atoms with Crippen molar-refractivity contribution in [2.24, 2.45) is 29.1 Å². The van der Waals surface area contributed by atoms with Crippen LogP contribution in [0.15, 0.2) is 24.3 Å².